The van der Waals surface area contributed by atoms with E-state index in [1.54, 1.807) is 25.7 Å². The predicted molar refractivity (Wildman–Crippen MR) is 104 cm³/mol. The monoisotopic (exact) mass is 363 g/mol. The lowest BCUT2D eigenvalue weighted by Crippen LogP contribution is -2.43. The van der Waals surface area contributed by atoms with Gasteiger partial charge in [-0.05, 0) is 12.1 Å². The van der Waals surface area contributed by atoms with Crippen LogP contribution in [-0.4, -0.2) is 53.2 Å². The van der Waals surface area contributed by atoms with Crippen molar-refractivity contribution < 1.29 is 4.74 Å². The summed E-state index contributed by atoms with van der Waals surface area (Å²) in [6.45, 7) is 3.83. The summed E-state index contributed by atoms with van der Waals surface area (Å²) < 4.78 is 5.45. The van der Waals surface area contributed by atoms with Gasteiger partial charge in [0, 0.05) is 62.5 Å². The number of ether oxygens (including phenoxy) is 1. The van der Waals surface area contributed by atoms with Crippen LogP contribution >= 0.6 is 0 Å². The fraction of sp³-hybridized carbons (Fsp3) is 0.263. The lowest BCUT2D eigenvalue weighted by molar-refractivity contribution is 0.415. The molecule has 0 radical (unpaired) electrons. The third kappa shape index (κ3) is 4.12. The summed E-state index contributed by atoms with van der Waals surface area (Å²) in [7, 11) is 1.64. The highest BCUT2D eigenvalue weighted by molar-refractivity contribution is 5.68. The second kappa shape index (κ2) is 7.96. The molecule has 8 heteroatoms. The molecule has 1 aliphatic rings. The maximum Gasteiger partial charge on any atom is 0.150 e. The van der Waals surface area contributed by atoms with E-state index < -0.39 is 0 Å². The zero-order valence-corrected chi connectivity index (χ0v) is 15.1. The van der Waals surface area contributed by atoms with Crippen molar-refractivity contribution in [2.45, 2.75) is 0 Å². The van der Waals surface area contributed by atoms with Gasteiger partial charge in [-0.2, -0.15) is 0 Å². The molecule has 0 amide bonds. The van der Waals surface area contributed by atoms with Gasteiger partial charge in [-0.3, -0.25) is 4.98 Å². The van der Waals surface area contributed by atoms with Gasteiger partial charge in [-0.1, -0.05) is 0 Å². The number of aromatic nitrogens is 4. The number of piperazine rings is 1. The number of anilines is 3. The van der Waals surface area contributed by atoms with Gasteiger partial charge in [-0.15, -0.1) is 0 Å². The topological polar surface area (TPSA) is 88.1 Å². The molecule has 3 aromatic rings. The number of methoxy groups -OCH3 is 1. The number of nitrogens with zero attached hydrogens (tertiary/aromatic N) is 5. The van der Waals surface area contributed by atoms with E-state index in [0.29, 0.717) is 17.4 Å². The molecule has 27 heavy (non-hydrogen) atoms. The largest absolute Gasteiger partial charge is 0.497 e. The van der Waals surface area contributed by atoms with Crippen LogP contribution in [0.3, 0.4) is 0 Å². The van der Waals surface area contributed by atoms with Crippen molar-refractivity contribution in [2.75, 3.05) is 43.5 Å². The number of pyridine rings is 2. The van der Waals surface area contributed by atoms with Gasteiger partial charge in [-0.25, -0.2) is 15.0 Å². The Hall–Kier alpha value is -3.26. The lowest BCUT2D eigenvalue weighted by Gasteiger charge is -2.28. The fourth-order valence-electron chi connectivity index (χ4n) is 2.97. The third-order valence-corrected chi connectivity index (χ3v) is 4.34. The van der Waals surface area contributed by atoms with Gasteiger partial charge < -0.3 is 20.3 Å². The molecule has 0 saturated carbocycles. The van der Waals surface area contributed by atoms with Crippen LogP contribution in [0, 0.1) is 0 Å². The molecule has 0 aromatic carbocycles. The minimum atomic E-state index is 0.625. The maximum atomic E-state index is 5.45. The summed E-state index contributed by atoms with van der Waals surface area (Å²) in [6, 6.07) is 7.77. The summed E-state index contributed by atoms with van der Waals surface area (Å²) in [6.07, 6.45) is 6.73. The van der Waals surface area contributed by atoms with Crippen molar-refractivity contribution in [3.63, 3.8) is 0 Å². The molecule has 0 aliphatic carbocycles. The quantitative estimate of drug-likeness (QED) is 0.712. The number of hydrogen-bond acceptors (Lipinski definition) is 8. The van der Waals surface area contributed by atoms with Crippen LogP contribution in [0.2, 0.25) is 0 Å². The Morgan fingerprint density at radius 3 is 2.70 bits per heavy atom. The molecular weight excluding hydrogens is 342 g/mol. The molecule has 8 nitrogen and oxygen atoms in total. The Kier molecular flexibility index (Phi) is 5.06. The van der Waals surface area contributed by atoms with E-state index in [-0.39, 0.29) is 0 Å². The van der Waals surface area contributed by atoms with Crippen molar-refractivity contribution in [2.24, 2.45) is 0 Å². The molecule has 2 N–H and O–H groups in total. The Balaban J connectivity index is 1.65. The average molecular weight is 363 g/mol. The van der Waals surface area contributed by atoms with E-state index in [0.717, 1.165) is 43.3 Å². The Morgan fingerprint density at radius 2 is 1.93 bits per heavy atom. The van der Waals surface area contributed by atoms with Gasteiger partial charge in [0.1, 0.15) is 23.2 Å². The van der Waals surface area contributed by atoms with E-state index >= 15 is 0 Å². The number of nitrogens with one attached hydrogen (secondary N) is 2. The highest BCUT2D eigenvalue weighted by Crippen LogP contribution is 2.28. The first-order chi connectivity index (χ1) is 13.3. The minimum absolute atomic E-state index is 0.625. The summed E-state index contributed by atoms with van der Waals surface area (Å²) >= 11 is 0. The van der Waals surface area contributed by atoms with Crippen molar-refractivity contribution in [3.05, 3.63) is 49.1 Å². The van der Waals surface area contributed by atoms with E-state index in [4.69, 9.17) is 9.72 Å². The van der Waals surface area contributed by atoms with Crippen LogP contribution < -0.4 is 20.3 Å². The van der Waals surface area contributed by atoms with Crippen LogP contribution in [0.5, 0.6) is 5.75 Å². The minimum Gasteiger partial charge on any atom is -0.497 e. The molecular formula is C19H21N7O. The molecule has 1 aliphatic heterocycles. The van der Waals surface area contributed by atoms with Crippen molar-refractivity contribution in [1.29, 1.82) is 0 Å². The highest BCUT2D eigenvalue weighted by atomic mass is 16.5. The van der Waals surface area contributed by atoms with Crippen molar-refractivity contribution >= 4 is 17.5 Å². The van der Waals surface area contributed by atoms with Gasteiger partial charge in [0.05, 0.1) is 19.0 Å². The first-order valence-corrected chi connectivity index (χ1v) is 8.83. The molecule has 1 fully saturated rings. The summed E-state index contributed by atoms with van der Waals surface area (Å²) in [5.41, 5.74) is 1.79. The molecule has 0 spiro atoms. The second-order valence-corrected chi connectivity index (χ2v) is 6.13. The zero-order chi connectivity index (χ0) is 18.5. The predicted octanol–water partition coefficient (Wildman–Crippen LogP) is 2.10. The Labute approximate surface area is 157 Å². The van der Waals surface area contributed by atoms with Crippen LogP contribution in [0.1, 0.15) is 0 Å². The van der Waals surface area contributed by atoms with Crippen molar-refractivity contribution in [3.8, 4) is 17.0 Å². The molecule has 1 saturated heterocycles. The molecule has 4 rings (SSSR count). The first-order valence-electron chi connectivity index (χ1n) is 8.83. The summed E-state index contributed by atoms with van der Waals surface area (Å²) in [5.74, 6) is 2.94. The second-order valence-electron chi connectivity index (χ2n) is 6.13. The van der Waals surface area contributed by atoms with Gasteiger partial charge in [0.15, 0.2) is 0 Å². The van der Waals surface area contributed by atoms with Gasteiger partial charge in [0.2, 0.25) is 0 Å². The van der Waals surface area contributed by atoms with Crippen LogP contribution in [-0.2, 0) is 0 Å². The maximum absolute atomic E-state index is 5.45. The van der Waals surface area contributed by atoms with Gasteiger partial charge >= 0.3 is 0 Å². The van der Waals surface area contributed by atoms with E-state index in [2.05, 4.69) is 36.6 Å². The van der Waals surface area contributed by atoms with E-state index in [1.807, 2.05) is 24.4 Å². The van der Waals surface area contributed by atoms with Crippen LogP contribution in [0.15, 0.2) is 49.1 Å². The van der Waals surface area contributed by atoms with Crippen LogP contribution in [0.25, 0.3) is 11.3 Å². The standard InChI is InChI=1S/C19H21N7O/c1-27-15-11-16(24-17(12-15)25-18-13-21-4-5-22-18)14-2-3-23-19(10-14)26-8-6-20-7-9-26/h2-5,10-13,20H,6-9H2,1H3,(H,22,24,25). The summed E-state index contributed by atoms with van der Waals surface area (Å²) in [5, 5.41) is 6.53. The fourth-order valence-corrected chi connectivity index (χ4v) is 2.97. The van der Waals surface area contributed by atoms with Crippen molar-refractivity contribution in [1.82, 2.24) is 25.3 Å². The Morgan fingerprint density at radius 1 is 1.04 bits per heavy atom. The normalized spacial score (nSPS) is 14.0. The molecule has 0 unspecified atom stereocenters. The molecule has 0 atom stereocenters. The van der Waals surface area contributed by atoms with E-state index in [1.165, 1.54) is 0 Å². The molecule has 3 aromatic heterocycles. The zero-order valence-electron chi connectivity index (χ0n) is 15.1. The number of hydrogen-bond donors (Lipinski definition) is 2. The SMILES string of the molecule is COc1cc(Nc2cnccn2)nc(-c2ccnc(N3CCNCC3)c2)c1. The highest BCUT2D eigenvalue weighted by Gasteiger charge is 2.13. The number of rotatable bonds is 5. The summed E-state index contributed by atoms with van der Waals surface area (Å²) in [4.78, 5) is 19.8. The average Bonchev–Trinajstić information content (AvgIpc) is 2.75. The first kappa shape index (κ1) is 17.2. The lowest BCUT2D eigenvalue weighted by atomic mass is 10.1. The Bertz CT molecular complexity index is 898. The third-order valence-electron chi connectivity index (χ3n) is 4.34. The van der Waals surface area contributed by atoms with Crippen LogP contribution in [0.4, 0.5) is 17.5 Å². The molecule has 0 bridgehead atoms. The molecule has 4 heterocycles. The van der Waals surface area contributed by atoms with Gasteiger partial charge in [0.25, 0.3) is 0 Å². The van der Waals surface area contributed by atoms with E-state index in [9.17, 15) is 0 Å². The smallest absolute Gasteiger partial charge is 0.150 e. The molecule has 138 valence electrons.